The lowest BCUT2D eigenvalue weighted by atomic mass is 10.3. The molecule has 0 bridgehead atoms. The predicted molar refractivity (Wildman–Crippen MR) is 99.9 cm³/mol. The zero-order valence-electron chi connectivity index (χ0n) is 14.5. The maximum absolute atomic E-state index is 13.1. The SMILES string of the molecule is O=C(CN(c1ccc([N+](=O)[O-])cc1)S(=O)(=O)c1ccccc1)N1CCCC1. The number of anilines is 1. The van der Waals surface area contributed by atoms with Gasteiger partial charge in [0.15, 0.2) is 0 Å². The molecule has 27 heavy (non-hydrogen) atoms. The highest BCUT2D eigenvalue weighted by molar-refractivity contribution is 7.92. The Balaban J connectivity index is 1.97. The van der Waals surface area contributed by atoms with E-state index in [1.165, 1.54) is 36.4 Å². The smallest absolute Gasteiger partial charge is 0.269 e. The van der Waals surface area contributed by atoms with Crippen LogP contribution >= 0.6 is 0 Å². The second kappa shape index (κ2) is 7.75. The Kier molecular flexibility index (Phi) is 5.41. The van der Waals surface area contributed by atoms with Gasteiger partial charge in [-0.1, -0.05) is 18.2 Å². The minimum atomic E-state index is -4.00. The summed E-state index contributed by atoms with van der Waals surface area (Å²) in [5.41, 5.74) is 0.0543. The zero-order valence-corrected chi connectivity index (χ0v) is 15.3. The summed E-state index contributed by atoms with van der Waals surface area (Å²) in [7, 11) is -4.00. The van der Waals surface area contributed by atoms with Gasteiger partial charge in [0.25, 0.3) is 15.7 Å². The number of non-ortho nitro benzene ring substituents is 1. The summed E-state index contributed by atoms with van der Waals surface area (Å²) in [6, 6.07) is 12.9. The van der Waals surface area contributed by atoms with Gasteiger partial charge in [-0.3, -0.25) is 19.2 Å². The van der Waals surface area contributed by atoms with Crippen LogP contribution in [0.4, 0.5) is 11.4 Å². The number of sulfonamides is 1. The van der Waals surface area contributed by atoms with Gasteiger partial charge in [0.2, 0.25) is 5.91 Å². The van der Waals surface area contributed by atoms with Crippen molar-refractivity contribution in [3.8, 4) is 0 Å². The fourth-order valence-corrected chi connectivity index (χ4v) is 4.40. The molecule has 1 aliphatic heterocycles. The van der Waals surface area contributed by atoms with E-state index in [4.69, 9.17) is 0 Å². The summed E-state index contributed by atoms with van der Waals surface area (Å²) < 4.78 is 27.3. The highest BCUT2D eigenvalue weighted by Gasteiger charge is 2.30. The van der Waals surface area contributed by atoms with Gasteiger partial charge in [0, 0.05) is 25.2 Å². The summed E-state index contributed by atoms with van der Waals surface area (Å²) in [6.45, 7) is 0.867. The lowest BCUT2D eigenvalue weighted by Gasteiger charge is -2.26. The summed E-state index contributed by atoms with van der Waals surface area (Å²) in [4.78, 5) is 24.6. The van der Waals surface area contributed by atoms with E-state index in [0.29, 0.717) is 13.1 Å². The molecule has 8 nitrogen and oxygen atoms in total. The van der Waals surface area contributed by atoms with Crippen LogP contribution in [0, 0.1) is 10.1 Å². The van der Waals surface area contributed by atoms with Crippen molar-refractivity contribution in [1.29, 1.82) is 0 Å². The van der Waals surface area contributed by atoms with Crippen LogP contribution in [0.1, 0.15) is 12.8 Å². The average Bonchev–Trinajstić information content (AvgIpc) is 3.21. The van der Waals surface area contributed by atoms with Crippen LogP contribution < -0.4 is 4.31 Å². The lowest BCUT2D eigenvalue weighted by molar-refractivity contribution is -0.384. The van der Waals surface area contributed by atoms with Gasteiger partial charge in [-0.2, -0.15) is 0 Å². The van der Waals surface area contributed by atoms with Crippen LogP contribution in [0.5, 0.6) is 0 Å². The van der Waals surface area contributed by atoms with Gasteiger partial charge in [-0.25, -0.2) is 8.42 Å². The molecule has 1 amide bonds. The molecule has 142 valence electrons. The van der Waals surface area contributed by atoms with Crippen molar-refractivity contribution in [1.82, 2.24) is 4.90 Å². The third-order valence-corrected chi connectivity index (χ3v) is 6.21. The number of hydrogen-bond donors (Lipinski definition) is 0. The molecular weight excluding hydrogens is 370 g/mol. The first-order valence-electron chi connectivity index (χ1n) is 8.49. The molecule has 0 saturated carbocycles. The minimum Gasteiger partial charge on any atom is -0.341 e. The number of carbonyl (C=O) groups excluding carboxylic acids is 1. The molecule has 0 aromatic heterocycles. The number of rotatable bonds is 6. The van der Waals surface area contributed by atoms with Crippen molar-refractivity contribution in [3.63, 3.8) is 0 Å². The van der Waals surface area contributed by atoms with E-state index in [1.807, 2.05) is 0 Å². The van der Waals surface area contributed by atoms with Gasteiger partial charge < -0.3 is 4.90 Å². The number of nitro groups is 1. The van der Waals surface area contributed by atoms with Crippen molar-refractivity contribution in [2.45, 2.75) is 17.7 Å². The molecular formula is C18H19N3O5S. The summed E-state index contributed by atoms with van der Waals surface area (Å²) in [5.74, 6) is -0.287. The van der Waals surface area contributed by atoms with E-state index in [0.717, 1.165) is 17.1 Å². The molecule has 0 aliphatic carbocycles. The molecule has 0 atom stereocenters. The number of hydrogen-bond acceptors (Lipinski definition) is 5. The van der Waals surface area contributed by atoms with Crippen LogP contribution in [0.15, 0.2) is 59.5 Å². The second-order valence-corrected chi connectivity index (χ2v) is 8.05. The lowest BCUT2D eigenvalue weighted by Crippen LogP contribution is -2.42. The highest BCUT2D eigenvalue weighted by Crippen LogP contribution is 2.26. The Labute approximate surface area is 157 Å². The van der Waals surface area contributed by atoms with Crippen LogP contribution in [0.2, 0.25) is 0 Å². The van der Waals surface area contributed by atoms with Crippen molar-refractivity contribution < 1.29 is 18.1 Å². The number of likely N-dealkylation sites (tertiary alicyclic amines) is 1. The van der Waals surface area contributed by atoms with Crippen LogP contribution in [-0.2, 0) is 14.8 Å². The maximum atomic E-state index is 13.1. The van der Waals surface area contributed by atoms with Gasteiger partial charge in [-0.15, -0.1) is 0 Å². The molecule has 1 aliphatic rings. The Morgan fingerprint density at radius 3 is 2.19 bits per heavy atom. The van der Waals surface area contributed by atoms with E-state index in [1.54, 1.807) is 23.1 Å². The molecule has 9 heteroatoms. The first-order chi connectivity index (χ1) is 12.9. The van der Waals surface area contributed by atoms with Gasteiger partial charge >= 0.3 is 0 Å². The normalized spacial score (nSPS) is 14.1. The fraction of sp³-hybridized carbons (Fsp3) is 0.278. The Hall–Kier alpha value is -2.94. The van der Waals surface area contributed by atoms with E-state index in [9.17, 15) is 23.3 Å². The summed E-state index contributed by atoms with van der Waals surface area (Å²) in [5, 5.41) is 10.9. The fourth-order valence-electron chi connectivity index (χ4n) is 2.96. The molecule has 1 fully saturated rings. The zero-order chi connectivity index (χ0) is 19.4. The van der Waals surface area contributed by atoms with E-state index in [2.05, 4.69) is 0 Å². The summed E-state index contributed by atoms with van der Waals surface area (Å²) in [6.07, 6.45) is 1.80. The standard InChI is InChI=1S/C18H19N3O5S/c22-18(19-12-4-5-13-19)14-20(15-8-10-16(11-9-15)21(23)24)27(25,26)17-6-2-1-3-7-17/h1-3,6-11H,4-5,12-14H2. The number of carbonyl (C=O) groups is 1. The molecule has 1 saturated heterocycles. The average molecular weight is 389 g/mol. The van der Waals surface area contributed by atoms with E-state index < -0.39 is 14.9 Å². The van der Waals surface area contributed by atoms with Crippen LogP contribution in [-0.4, -0.2) is 43.8 Å². The maximum Gasteiger partial charge on any atom is 0.269 e. The molecule has 2 aromatic carbocycles. The largest absolute Gasteiger partial charge is 0.341 e. The van der Waals surface area contributed by atoms with Gasteiger partial charge in [0.1, 0.15) is 6.54 Å². The Morgan fingerprint density at radius 2 is 1.63 bits per heavy atom. The Bertz CT molecular complexity index is 923. The molecule has 2 aromatic rings. The molecule has 3 rings (SSSR count). The predicted octanol–water partition coefficient (Wildman–Crippen LogP) is 2.41. The quantitative estimate of drug-likeness (QED) is 0.558. The Morgan fingerprint density at radius 1 is 1.04 bits per heavy atom. The highest BCUT2D eigenvalue weighted by atomic mass is 32.2. The third kappa shape index (κ3) is 4.08. The van der Waals surface area contributed by atoms with Crippen molar-refractivity contribution in [2.24, 2.45) is 0 Å². The van der Waals surface area contributed by atoms with Crippen molar-refractivity contribution in [3.05, 3.63) is 64.7 Å². The van der Waals surface area contributed by atoms with E-state index >= 15 is 0 Å². The monoisotopic (exact) mass is 389 g/mol. The summed E-state index contributed by atoms with van der Waals surface area (Å²) >= 11 is 0. The van der Waals surface area contributed by atoms with Crippen molar-refractivity contribution >= 4 is 27.3 Å². The number of amides is 1. The molecule has 0 N–H and O–H groups in total. The number of nitro benzene ring substituents is 1. The van der Waals surface area contributed by atoms with Crippen molar-refractivity contribution in [2.75, 3.05) is 23.9 Å². The van der Waals surface area contributed by atoms with Gasteiger partial charge in [0.05, 0.1) is 15.5 Å². The first-order valence-corrected chi connectivity index (χ1v) is 9.93. The molecule has 0 unspecified atom stereocenters. The third-order valence-electron chi connectivity index (χ3n) is 4.42. The molecule has 0 radical (unpaired) electrons. The number of nitrogens with zero attached hydrogens (tertiary/aromatic N) is 3. The van der Waals surface area contributed by atoms with Crippen LogP contribution in [0.3, 0.4) is 0 Å². The van der Waals surface area contributed by atoms with E-state index in [-0.39, 0.29) is 28.7 Å². The minimum absolute atomic E-state index is 0.0533. The number of benzene rings is 2. The topological polar surface area (TPSA) is 101 Å². The van der Waals surface area contributed by atoms with Crippen LogP contribution in [0.25, 0.3) is 0 Å². The van der Waals surface area contributed by atoms with Gasteiger partial charge in [-0.05, 0) is 37.1 Å². The molecule has 0 spiro atoms. The second-order valence-electron chi connectivity index (χ2n) is 6.19. The first kappa shape index (κ1) is 18.8. The molecule has 1 heterocycles.